The van der Waals surface area contributed by atoms with Crippen LogP contribution in [-0.2, 0) is 23.0 Å². The highest BCUT2D eigenvalue weighted by Gasteiger charge is 2.27. The fourth-order valence-electron chi connectivity index (χ4n) is 4.55. The molecule has 5 rings (SSSR count). The van der Waals surface area contributed by atoms with E-state index < -0.39 is 0 Å². The van der Waals surface area contributed by atoms with Gasteiger partial charge in [-0.1, -0.05) is 0 Å². The van der Waals surface area contributed by atoms with Crippen LogP contribution in [0.2, 0.25) is 0 Å². The number of nitrogens with zero attached hydrogens (tertiary/aromatic N) is 6. The number of benzene rings is 1. The number of hydrogen-bond acceptors (Lipinski definition) is 7. The first-order valence-electron chi connectivity index (χ1n) is 11.1. The van der Waals surface area contributed by atoms with Crippen LogP contribution in [0, 0.1) is 11.3 Å². The summed E-state index contributed by atoms with van der Waals surface area (Å²) < 4.78 is 9.16. The van der Waals surface area contributed by atoms with E-state index in [0.717, 1.165) is 29.3 Å². The minimum absolute atomic E-state index is 0.0299. The van der Waals surface area contributed by atoms with Crippen LogP contribution in [0.5, 0.6) is 0 Å². The number of anilines is 1. The number of hydrogen-bond donors (Lipinski definition) is 1. The van der Waals surface area contributed by atoms with Gasteiger partial charge in [0.15, 0.2) is 0 Å². The molecule has 10 nitrogen and oxygen atoms in total. The Balaban J connectivity index is 1.62. The summed E-state index contributed by atoms with van der Waals surface area (Å²) >= 11 is 0. The van der Waals surface area contributed by atoms with Gasteiger partial charge in [0.25, 0.3) is 5.56 Å². The van der Waals surface area contributed by atoms with Crippen molar-refractivity contribution in [1.29, 1.82) is 5.26 Å². The van der Waals surface area contributed by atoms with Crippen molar-refractivity contribution in [3.05, 3.63) is 58.7 Å². The third kappa shape index (κ3) is 3.91. The summed E-state index contributed by atoms with van der Waals surface area (Å²) in [6, 6.07) is 7.63. The second-order valence-electron chi connectivity index (χ2n) is 8.54. The Morgan fingerprint density at radius 3 is 2.97 bits per heavy atom. The zero-order valence-electron chi connectivity index (χ0n) is 18.9. The number of pyridine rings is 1. The Bertz CT molecular complexity index is 1520. The molecule has 1 aromatic carbocycles. The number of rotatable bonds is 4. The summed E-state index contributed by atoms with van der Waals surface area (Å²) in [5.41, 5.74) is 2.56. The molecule has 4 heterocycles. The monoisotopic (exact) mass is 457 g/mol. The molecule has 10 heteroatoms. The van der Waals surface area contributed by atoms with Gasteiger partial charge in [-0.05, 0) is 38.0 Å². The molecule has 1 aliphatic heterocycles. The van der Waals surface area contributed by atoms with Gasteiger partial charge in [-0.2, -0.15) is 5.26 Å². The summed E-state index contributed by atoms with van der Waals surface area (Å²) in [6.07, 6.45) is 6.00. The third-order valence-electron chi connectivity index (χ3n) is 6.13. The molecule has 1 fully saturated rings. The van der Waals surface area contributed by atoms with Gasteiger partial charge in [0.05, 0.1) is 53.9 Å². The van der Waals surface area contributed by atoms with Crippen molar-refractivity contribution in [2.24, 2.45) is 7.05 Å². The minimum Gasteiger partial charge on any atom is -0.378 e. The van der Waals surface area contributed by atoms with Crippen LogP contribution in [0.3, 0.4) is 0 Å². The molecule has 172 valence electrons. The lowest BCUT2D eigenvalue weighted by atomic mass is 10.0. The van der Waals surface area contributed by atoms with E-state index in [1.54, 1.807) is 19.3 Å². The number of amides is 1. The number of carbonyl (C=O) groups is 1. The van der Waals surface area contributed by atoms with Gasteiger partial charge < -0.3 is 19.2 Å². The van der Waals surface area contributed by atoms with E-state index in [2.05, 4.69) is 25.9 Å². The van der Waals surface area contributed by atoms with Crippen molar-refractivity contribution in [2.45, 2.75) is 38.3 Å². The molecular formula is C24H23N7O3. The smallest absolute Gasteiger partial charge is 0.276 e. The number of aryl methyl sites for hydroxylation is 1. The number of carbonyl (C=O) groups excluding carboxylic acids is 1. The summed E-state index contributed by atoms with van der Waals surface area (Å²) in [4.78, 5) is 38.5. The van der Waals surface area contributed by atoms with Crippen molar-refractivity contribution in [2.75, 3.05) is 11.9 Å². The highest BCUT2D eigenvalue weighted by Crippen LogP contribution is 2.34. The van der Waals surface area contributed by atoms with E-state index >= 15 is 0 Å². The Kier molecular flexibility index (Phi) is 5.55. The molecule has 1 saturated heterocycles. The number of imidazole rings is 1. The number of fused-ring (bicyclic) bond motifs is 3. The molecule has 1 N–H and O–H groups in total. The second-order valence-corrected chi connectivity index (χ2v) is 8.54. The predicted molar refractivity (Wildman–Crippen MR) is 125 cm³/mol. The van der Waals surface area contributed by atoms with Gasteiger partial charge in [0.1, 0.15) is 17.0 Å². The van der Waals surface area contributed by atoms with E-state index in [4.69, 9.17) is 9.72 Å². The Morgan fingerprint density at radius 2 is 2.18 bits per heavy atom. The number of ether oxygens (including phenoxy) is 1. The van der Waals surface area contributed by atoms with E-state index in [9.17, 15) is 14.9 Å². The number of aromatic nitrogens is 5. The van der Waals surface area contributed by atoms with Gasteiger partial charge >= 0.3 is 0 Å². The molecule has 0 saturated carbocycles. The largest absolute Gasteiger partial charge is 0.378 e. The summed E-state index contributed by atoms with van der Waals surface area (Å²) in [5.74, 6) is 0.209. The molecule has 1 aliphatic rings. The molecule has 0 unspecified atom stereocenters. The lowest BCUT2D eigenvalue weighted by Crippen LogP contribution is -2.29. The first-order chi connectivity index (χ1) is 16.4. The van der Waals surface area contributed by atoms with Crippen LogP contribution in [-0.4, -0.2) is 42.7 Å². The SMILES string of the molecule is C[C@@H]1C[C@H](n2c(CC(=O)Nc3cncn(C)c3=O)nc3cnc4ccc(C#N)cc4c32)CCO1. The number of nitriles is 1. The molecule has 1 amide bonds. The zero-order valence-corrected chi connectivity index (χ0v) is 18.9. The quantitative estimate of drug-likeness (QED) is 0.499. The van der Waals surface area contributed by atoms with Crippen LogP contribution in [0.25, 0.3) is 21.9 Å². The van der Waals surface area contributed by atoms with E-state index in [1.807, 2.05) is 19.1 Å². The van der Waals surface area contributed by atoms with E-state index in [-0.39, 0.29) is 35.7 Å². The minimum atomic E-state index is -0.364. The maximum Gasteiger partial charge on any atom is 0.276 e. The Hall–Kier alpha value is -4.10. The summed E-state index contributed by atoms with van der Waals surface area (Å²) in [7, 11) is 1.57. The highest BCUT2D eigenvalue weighted by molar-refractivity contribution is 6.03. The molecular weight excluding hydrogens is 434 g/mol. The van der Waals surface area contributed by atoms with Gasteiger partial charge in [-0.3, -0.25) is 14.6 Å². The maximum atomic E-state index is 13.0. The van der Waals surface area contributed by atoms with Crippen LogP contribution >= 0.6 is 0 Å². The highest BCUT2D eigenvalue weighted by atomic mass is 16.5. The van der Waals surface area contributed by atoms with Crippen LogP contribution in [0.4, 0.5) is 5.69 Å². The standard InChI is InChI=1S/C24H23N7O3/c1-14-7-16(5-6-34-14)31-21(9-22(32)29-20-11-26-13-30(2)24(20)33)28-19-12-27-18-4-3-15(10-25)8-17(18)23(19)31/h3-4,8,11-14,16H,5-7,9H2,1-2H3,(H,29,32)/t14-,16-/m1/s1. The number of nitrogens with one attached hydrogen (secondary N) is 1. The average molecular weight is 457 g/mol. The van der Waals surface area contributed by atoms with Crippen molar-refractivity contribution in [1.82, 2.24) is 24.1 Å². The van der Waals surface area contributed by atoms with Crippen LogP contribution < -0.4 is 10.9 Å². The predicted octanol–water partition coefficient (Wildman–Crippen LogP) is 2.47. The fraction of sp³-hybridized carbons (Fsp3) is 0.333. The normalized spacial score (nSPS) is 18.1. The molecule has 0 radical (unpaired) electrons. The van der Waals surface area contributed by atoms with Gasteiger partial charge in [-0.15, -0.1) is 0 Å². The first kappa shape index (κ1) is 21.7. The van der Waals surface area contributed by atoms with E-state index in [1.165, 1.54) is 17.1 Å². The topological polar surface area (TPSA) is 128 Å². The summed E-state index contributed by atoms with van der Waals surface area (Å²) in [6.45, 7) is 2.64. The Labute approximate surface area is 194 Å². The molecule has 0 spiro atoms. The fourth-order valence-corrected chi connectivity index (χ4v) is 4.55. The molecule has 2 atom stereocenters. The molecule has 34 heavy (non-hydrogen) atoms. The van der Waals surface area contributed by atoms with Crippen molar-refractivity contribution in [3.63, 3.8) is 0 Å². The lowest BCUT2D eigenvalue weighted by Gasteiger charge is -2.30. The zero-order chi connectivity index (χ0) is 23.8. The molecule has 0 bridgehead atoms. The van der Waals surface area contributed by atoms with E-state index in [0.29, 0.717) is 23.5 Å². The van der Waals surface area contributed by atoms with Gasteiger partial charge in [0.2, 0.25) is 5.91 Å². The first-order valence-corrected chi connectivity index (χ1v) is 11.1. The molecule has 3 aromatic heterocycles. The van der Waals surface area contributed by atoms with Crippen LogP contribution in [0.15, 0.2) is 41.7 Å². The van der Waals surface area contributed by atoms with Crippen LogP contribution in [0.1, 0.15) is 37.2 Å². The summed E-state index contributed by atoms with van der Waals surface area (Å²) in [5, 5.41) is 12.9. The van der Waals surface area contributed by atoms with Crippen molar-refractivity contribution in [3.8, 4) is 6.07 Å². The van der Waals surface area contributed by atoms with Gasteiger partial charge in [-0.25, -0.2) is 9.97 Å². The van der Waals surface area contributed by atoms with Crippen molar-refractivity contribution < 1.29 is 9.53 Å². The van der Waals surface area contributed by atoms with Gasteiger partial charge in [0, 0.05) is 25.1 Å². The second kappa shape index (κ2) is 8.68. The average Bonchev–Trinajstić information content (AvgIpc) is 3.20. The maximum absolute atomic E-state index is 13.0. The van der Waals surface area contributed by atoms with Crippen molar-refractivity contribution >= 4 is 33.5 Å². The molecule has 4 aromatic rings. The third-order valence-corrected chi connectivity index (χ3v) is 6.13. The Morgan fingerprint density at radius 1 is 1.32 bits per heavy atom. The molecule has 0 aliphatic carbocycles. The lowest BCUT2D eigenvalue weighted by molar-refractivity contribution is -0.115.